The van der Waals surface area contributed by atoms with Gasteiger partial charge in [-0.2, -0.15) is 0 Å². The monoisotopic (exact) mass is 279 g/mol. The molecule has 0 saturated heterocycles. The van der Waals surface area contributed by atoms with Gasteiger partial charge in [0.15, 0.2) is 0 Å². The van der Waals surface area contributed by atoms with Gasteiger partial charge < -0.3 is 4.90 Å². The fourth-order valence-electron chi connectivity index (χ4n) is 1.29. The molecule has 0 aliphatic carbocycles. The zero-order valence-corrected chi connectivity index (χ0v) is 10.9. The molecule has 0 aliphatic heterocycles. The summed E-state index contributed by atoms with van der Waals surface area (Å²) >= 11 is 17.0. The second-order valence-corrected chi connectivity index (χ2v) is 4.37. The molecular formula is C11H12Cl3NO. The number of carbonyl (C=O) groups is 1. The molecule has 1 rings (SSSR count). The number of carbonyl (C=O) groups excluding carboxylic acids is 1. The SMILES string of the molecule is O=C(c1ccc(Cl)cc1)N(CCCl)CCCl. The molecule has 0 bridgehead atoms. The van der Waals surface area contributed by atoms with Crippen LogP contribution in [0.4, 0.5) is 0 Å². The highest BCUT2D eigenvalue weighted by Crippen LogP contribution is 2.11. The molecule has 1 aromatic carbocycles. The largest absolute Gasteiger partial charge is 0.336 e. The van der Waals surface area contributed by atoms with E-state index in [9.17, 15) is 4.79 Å². The van der Waals surface area contributed by atoms with E-state index in [2.05, 4.69) is 0 Å². The van der Waals surface area contributed by atoms with Gasteiger partial charge in [0.05, 0.1) is 0 Å². The molecule has 1 amide bonds. The van der Waals surface area contributed by atoms with Crippen molar-refractivity contribution in [2.75, 3.05) is 24.8 Å². The van der Waals surface area contributed by atoms with Crippen LogP contribution in [0.5, 0.6) is 0 Å². The third-order valence-electron chi connectivity index (χ3n) is 2.09. The summed E-state index contributed by atoms with van der Waals surface area (Å²) in [7, 11) is 0. The minimum Gasteiger partial charge on any atom is -0.336 e. The molecule has 2 nitrogen and oxygen atoms in total. The molecule has 16 heavy (non-hydrogen) atoms. The first-order valence-corrected chi connectivity index (χ1v) is 6.30. The molecule has 0 atom stereocenters. The number of amides is 1. The van der Waals surface area contributed by atoms with Gasteiger partial charge in [0, 0.05) is 35.4 Å². The number of nitrogens with zero attached hydrogens (tertiary/aromatic N) is 1. The lowest BCUT2D eigenvalue weighted by Crippen LogP contribution is -2.34. The standard InChI is InChI=1S/C11H12Cl3NO/c12-5-7-15(8-6-13)11(16)9-1-3-10(14)4-2-9/h1-4H,5-8H2. The van der Waals surface area contributed by atoms with Crippen LogP contribution in [0.25, 0.3) is 0 Å². The normalized spacial score (nSPS) is 10.2. The number of hydrogen-bond donors (Lipinski definition) is 0. The highest BCUT2D eigenvalue weighted by Gasteiger charge is 2.14. The van der Waals surface area contributed by atoms with E-state index in [1.165, 1.54) is 0 Å². The van der Waals surface area contributed by atoms with Gasteiger partial charge in [0.1, 0.15) is 0 Å². The maximum atomic E-state index is 12.0. The Morgan fingerprint density at radius 2 is 1.56 bits per heavy atom. The second-order valence-electron chi connectivity index (χ2n) is 3.18. The molecule has 0 heterocycles. The van der Waals surface area contributed by atoms with Gasteiger partial charge in [-0.3, -0.25) is 4.79 Å². The second kappa shape index (κ2) is 7.00. The average molecular weight is 281 g/mol. The highest BCUT2D eigenvalue weighted by atomic mass is 35.5. The Bertz CT molecular complexity index is 334. The van der Waals surface area contributed by atoms with E-state index in [1.54, 1.807) is 29.2 Å². The molecule has 0 N–H and O–H groups in total. The molecule has 0 unspecified atom stereocenters. The van der Waals surface area contributed by atoms with Gasteiger partial charge in [-0.05, 0) is 24.3 Å². The average Bonchev–Trinajstić information content (AvgIpc) is 2.29. The zero-order chi connectivity index (χ0) is 12.0. The van der Waals surface area contributed by atoms with Crippen molar-refractivity contribution < 1.29 is 4.79 Å². The van der Waals surface area contributed by atoms with Gasteiger partial charge >= 0.3 is 0 Å². The molecule has 88 valence electrons. The number of benzene rings is 1. The maximum Gasteiger partial charge on any atom is 0.253 e. The number of rotatable bonds is 5. The van der Waals surface area contributed by atoms with Crippen LogP contribution in [0.3, 0.4) is 0 Å². The van der Waals surface area contributed by atoms with Crippen LogP contribution in [0.2, 0.25) is 5.02 Å². The number of hydrogen-bond acceptors (Lipinski definition) is 1. The first-order chi connectivity index (χ1) is 7.69. The van der Waals surface area contributed by atoms with Crippen molar-refractivity contribution >= 4 is 40.7 Å². The summed E-state index contributed by atoms with van der Waals surface area (Å²) in [5.41, 5.74) is 0.597. The van der Waals surface area contributed by atoms with E-state index in [1.807, 2.05) is 0 Å². The molecule has 0 aliphatic rings. The minimum atomic E-state index is -0.0713. The molecule has 0 saturated carbocycles. The van der Waals surface area contributed by atoms with Crippen LogP contribution < -0.4 is 0 Å². The lowest BCUT2D eigenvalue weighted by atomic mass is 10.2. The van der Waals surface area contributed by atoms with E-state index in [4.69, 9.17) is 34.8 Å². The Balaban J connectivity index is 2.77. The fourth-order valence-corrected chi connectivity index (χ4v) is 1.83. The fraction of sp³-hybridized carbons (Fsp3) is 0.364. The van der Waals surface area contributed by atoms with Crippen LogP contribution in [0.15, 0.2) is 24.3 Å². The van der Waals surface area contributed by atoms with Gasteiger partial charge in [-0.1, -0.05) is 11.6 Å². The number of halogens is 3. The summed E-state index contributed by atoms with van der Waals surface area (Å²) in [6, 6.07) is 6.77. The molecule has 0 aromatic heterocycles. The summed E-state index contributed by atoms with van der Waals surface area (Å²) in [6.07, 6.45) is 0. The predicted octanol–water partition coefficient (Wildman–Crippen LogP) is 3.26. The van der Waals surface area contributed by atoms with Crippen LogP contribution >= 0.6 is 34.8 Å². The van der Waals surface area contributed by atoms with Crippen LogP contribution in [0, 0.1) is 0 Å². The summed E-state index contributed by atoms with van der Waals surface area (Å²) in [5.74, 6) is 0.727. The maximum absolute atomic E-state index is 12.0. The van der Waals surface area contributed by atoms with E-state index in [-0.39, 0.29) is 5.91 Å². The third-order valence-corrected chi connectivity index (χ3v) is 2.68. The quantitative estimate of drug-likeness (QED) is 0.758. The Kier molecular flexibility index (Phi) is 5.96. The summed E-state index contributed by atoms with van der Waals surface area (Å²) in [4.78, 5) is 13.6. The minimum absolute atomic E-state index is 0.0713. The van der Waals surface area contributed by atoms with Gasteiger partial charge in [0.2, 0.25) is 0 Å². The van der Waals surface area contributed by atoms with Crippen LogP contribution in [-0.4, -0.2) is 35.7 Å². The summed E-state index contributed by atoms with van der Waals surface area (Å²) < 4.78 is 0. The van der Waals surface area contributed by atoms with Crippen molar-refractivity contribution in [2.24, 2.45) is 0 Å². The Morgan fingerprint density at radius 3 is 2.00 bits per heavy atom. The molecular weight excluding hydrogens is 268 g/mol. The van der Waals surface area contributed by atoms with Gasteiger partial charge in [-0.15, -0.1) is 23.2 Å². The van der Waals surface area contributed by atoms with Crippen molar-refractivity contribution in [1.82, 2.24) is 4.90 Å². The lowest BCUT2D eigenvalue weighted by molar-refractivity contribution is 0.0775. The van der Waals surface area contributed by atoms with Crippen molar-refractivity contribution in [2.45, 2.75) is 0 Å². The van der Waals surface area contributed by atoms with Crippen molar-refractivity contribution in [3.05, 3.63) is 34.9 Å². The van der Waals surface area contributed by atoms with Crippen LogP contribution in [0.1, 0.15) is 10.4 Å². The summed E-state index contributed by atoms with van der Waals surface area (Å²) in [5, 5.41) is 0.609. The Labute approximate surface area is 110 Å². The predicted molar refractivity (Wildman–Crippen MR) is 68.8 cm³/mol. The lowest BCUT2D eigenvalue weighted by Gasteiger charge is -2.20. The smallest absolute Gasteiger partial charge is 0.253 e. The first-order valence-electron chi connectivity index (χ1n) is 4.86. The zero-order valence-electron chi connectivity index (χ0n) is 8.63. The summed E-state index contributed by atoms with van der Waals surface area (Å²) in [6.45, 7) is 0.992. The molecule has 5 heteroatoms. The van der Waals surface area contributed by atoms with Crippen molar-refractivity contribution in [3.63, 3.8) is 0 Å². The molecule has 0 spiro atoms. The van der Waals surface area contributed by atoms with Crippen LogP contribution in [-0.2, 0) is 0 Å². The van der Waals surface area contributed by atoms with E-state index in [0.29, 0.717) is 35.4 Å². The van der Waals surface area contributed by atoms with Crippen molar-refractivity contribution in [3.8, 4) is 0 Å². The molecule has 1 aromatic rings. The van der Waals surface area contributed by atoms with E-state index < -0.39 is 0 Å². The van der Waals surface area contributed by atoms with Gasteiger partial charge in [-0.25, -0.2) is 0 Å². The number of alkyl halides is 2. The van der Waals surface area contributed by atoms with E-state index in [0.717, 1.165) is 0 Å². The highest BCUT2D eigenvalue weighted by molar-refractivity contribution is 6.30. The Morgan fingerprint density at radius 1 is 1.06 bits per heavy atom. The first kappa shape index (κ1) is 13.6. The molecule has 0 radical (unpaired) electrons. The molecule has 0 fully saturated rings. The van der Waals surface area contributed by atoms with Gasteiger partial charge in [0.25, 0.3) is 5.91 Å². The van der Waals surface area contributed by atoms with Crippen molar-refractivity contribution in [1.29, 1.82) is 0 Å². The Hall–Kier alpha value is -0.440. The topological polar surface area (TPSA) is 20.3 Å². The third kappa shape index (κ3) is 3.85. The van der Waals surface area contributed by atoms with E-state index >= 15 is 0 Å².